The van der Waals surface area contributed by atoms with Gasteiger partial charge in [0.2, 0.25) is 5.91 Å². The van der Waals surface area contributed by atoms with E-state index in [-0.39, 0.29) is 11.5 Å². The number of anilines is 1. The van der Waals surface area contributed by atoms with Crippen LogP contribution in [0.4, 0.5) is 5.69 Å². The van der Waals surface area contributed by atoms with Gasteiger partial charge in [-0.1, -0.05) is 29.5 Å². The van der Waals surface area contributed by atoms with Crippen LogP contribution in [-0.4, -0.2) is 17.0 Å². The molecule has 20 heavy (non-hydrogen) atoms. The summed E-state index contributed by atoms with van der Waals surface area (Å²) >= 11 is 1.27. The van der Waals surface area contributed by atoms with Gasteiger partial charge in [-0.15, -0.1) is 0 Å². The van der Waals surface area contributed by atoms with Crippen LogP contribution in [0.3, 0.4) is 0 Å². The molecule has 2 aromatic rings. The molecule has 0 saturated heterocycles. The molecule has 0 aliphatic carbocycles. The van der Waals surface area contributed by atoms with E-state index in [0.717, 1.165) is 13.0 Å². The predicted octanol–water partition coefficient (Wildman–Crippen LogP) is 0.352. The quantitative estimate of drug-likeness (QED) is 0.866. The summed E-state index contributed by atoms with van der Waals surface area (Å²) in [6.07, 6.45) is 2.22. The van der Waals surface area contributed by atoms with Crippen molar-refractivity contribution in [1.82, 2.24) is 4.57 Å². The Morgan fingerprint density at radius 1 is 1.35 bits per heavy atom. The minimum Gasteiger partial charge on any atom is -0.322 e. The molecule has 1 amide bonds. The first kappa shape index (κ1) is 12.8. The Morgan fingerprint density at radius 2 is 2.15 bits per heavy atom. The highest BCUT2D eigenvalue weighted by molar-refractivity contribution is 7.07. The Morgan fingerprint density at radius 3 is 2.90 bits per heavy atom. The Bertz CT molecular complexity index is 805. The number of hydrogen-bond acceptors (Lipinski definition) is 4. The van der Waals surface area contributed by atoms with Crippen LogP contribution >= 0.6 is 11.3 Å². The minimum absolute atomic E-state index is 0.128. The number of fused-ring (bicyclic) bond motifs is 1. The van der Waals surface area contributed by atoms with Gasteiger partial charge in [-0.2, -0.15) is 0 Å². The summed E-state index contributed by atoms with van der Waals surface area (Å²) in [5, 5.41) is 2.73. The molecule has 3 rings (SSSR count). The number of rotatable bonds is 2. The van der Waals surface area contributed by atoms with E-state index in [1.807, 2.05) is 18.2 Å². The minimum atomic E-state index is -0.299. The van der Waals surface area contributed by atoms with Gasteiger partial charge in [0.1, 0.15) is 4.53 Å². The van der Waals surface area contributed by atoms with E-state index in [1.165, 1.54) is 17.4 Å². The summed E-state index contributed by atoms with van der Waals surface area (Å²) in [6, 6.07) is 9.15. The molecule has 1 N–H and O–H groups in total. The first-order chi connectivity index (χ1) is 9.74. The summed E-state index contributed by atoms with van der Waals surface area (Å²) in [5.41, 5.74) is 0.580. The van der Waals surface area contributed by atoms with E-state index in [4.69, 9.17) is 0 Å². The van der Waals surface area contributed by atoms with Crippen molar-refractivity contribution in [1.29, 1.82) is 0 Å². The van der Waals surface area contributed by atoms with E-state index in [1.54, 1.807) is 16.7 Å². The lowest BCUT2D eigenvalue weighted by Crippen LogP contribution is -2.34. The summed E-state index contributed by atoms with van der Waals surface area (Å²) in [7, 11) is 0. The number of para-hydroxylation sites is 1. The van der Waals surface area contributed by atoms with E-state index in [2.05, 4.69) is 10.3 Å². The monoisotopic (exact) mass is 287 g/mol. The fourth-order valence-electron chi connectivity index (χ4n) is 2.05. The summed E-state index contributed by atoms with van der Waals surface area (Å²) in [5.74, 6) is -0.299. The molecule has 0 fully saturated rings. The second kappa shape index (κ2) is 5.42. The van der Waals surface area contributed by atoms with Crippen molar-refractivity contribution in [3.05, 3.63) is 50.0 Å². The number of carbonyl (C=O) groups is 1. The number of benzene rings is 1. The van der Waals surface area contributed by atoms with Crippen LogP contribution in [0.25, 0.3) is 6.08 Å². The average Bonchev–Trinajstić information content (AvgIpc) is 2.77. The van der Waals surface area contributed by atoms with Gasteiger partial charge in [0.05, 0.1) is 0 Å². The predicted molar refractivity (Wildman–Crippen MR) is 78.4 cm³/mol. The van der Waals surface area contributed by atoms with Gasteiger partial charge in [-0.05, 0) is 18.6 Å². The molecule has 0 saturated carbocycles. The number of hydrogen-bond donors (Lipinski definition) is 1. The maximum Gasteiger partial charge on any atom is 0.270 e. The Hall–Kier alpha value is -2.21. The number of nitrogens with zero attached hydrogens (tertiary/aromatic N) is 2. The molecule has 2 heterocycles. The zero-order valence-electron chi connectivity index (χ0n) is 10.7. The Labute approximate surface area is 118 Å². The van der Waals surface area contributed by atoms with Gasteiger partial charge >= 0.3 is 0 Å². The molecule has 102 valence electrons. The third-order valence-corrected chi connectivity index (χ3v) is 4.02. The summed E-state index contributed by atoms with van der Waals surface area (Å²) < 4.78 is 2.06. The number of amides is 1. The molecule has 0 unspecified atom stereocenters. The van der Waals surface area contributed by atoms with E-state index in [9.17, 15) is 9.59 Å². The largest absolute Gasteiger partial charge is 0.322 e. The van der Waals surface area contributed by atoms with Gasteiger partial charge in [-0.3, -0.25) is 19.1 Å². The molecule has 6 heteroatoms. The van der Waals surface area contributed by atoms with Gasteiger partial charge in [-0.25, -0.2) is 0 Å². The Kier molecular flexibility index (Phi) is 3.47. The molecular formula is C14H13N3O2S. The molecule has 0 radical (unpaired) electrons. The van der Waals surface area contributed by atoms with Crippen LogP contribution in [0.5, 0.6) is 0 Å². The van der Waals surface area contributed by atoms with Gasteiger partial charge in [0.25, 0.3) is 5.56 Å². The average molecular weight is 287 g/mol. The summed E-state index contributed by atoms with van der Waals surface area (Å²) in [6.45, 7) is 1.43. The maximum atomic E-state index is 12.1. The van der Waals surface area contributed by atoms with Crippen molar-refractivity contribution in [2.75, 3.05) is 11.9 Å². The van der Waals surface area contributed by atoms with Crippen molar-refractivity contribution in [3.63, 3.8) is 0 Å². The van der Waals surface area contributed by atoms with Crippen LogP contribution < -0.4 is 20.2 Å². The van der Waals surface area contributed by atoms with E-state index >= 15 is 0 Å². The molecule has 1 aliphatic rings. The van der Waals surface area contributed by atoms with Crippen LogP contribution in [0.15, 0.2) is 40.1 Å². The fourth-order valence-corrected chi connectivity index (χ4v) is 3.05. The van der Waals surface area contributed by atoms with Crippen molar-refractivity contribution in [3.8, 4) is 0 Å². The third-order valence-electron chi connectivity index (χ3n) is 2.98. The number of carbonyl (C=O) groups excluding carboxylic acids is 1. The van der Waals surface area contributed by atoms with Crippen molar-refractivity contribution in [2.45, 2.75) is 13.0 Å². The zero-order valence-corrected chi connectivity index (χ0v) is 11.5. The fraction of sp³-hybridized carbons (Fsp3) is 0.214. The number of aromatic nitrogens is 1. The molecule has 1 aromatic heterocycles. The van der Waals surface area contributed by atoms with Gasteiger partial charge in [0, 0.05) is 24.9 Å². The third kappa shape index (κ3) is 2.55. The van der Waals surface area contributed by atoms with Gasteiger partial charge < -0.3 is 5.32 Å². The SMILES string of the molecule is O=C(/C=c1\sc2n(c1=O)CCCN=2)Nc1ccccc1. The second-order valence-electron chi connectivity index (χ2n) is 4.44. The van der Waals surface area contributed by atoms with Crippen LogP contribution in [0, 0.1) is 0 Å². The molecular weight excluding hydrogens is 274 g/mol. The number of thiazole rings is 1. The first-order valence-electron chi connectivity index (χ1n) is 6.36. The van der Waals surface area contributed by atoms with Crippen LogP contribution in [0.2, 0.25) is 0 Å². The molecule has 0 atom stereocenters. The lowest BCUT2D eigenvalue weighted by Gasteiger charge is -2.03. The van der Waals surface area contributed by atoms with Crippen molar-refractivity contribution in [2.24, 2.45) is 4.99 Å². The highest BCUT2D eigenvalue weighted by Crippen LogP contribution is 2.04. The molecule has 0 bridgehead atoms. The normalized spacial score (nSPS) is 14.5. The summed E-state index contributed by atoms with van der Waals surface area (Å²) in [4.78, 5) is 29.0. The lowest BCUT2D eigenvalue weighted by molar-refractivity contribution is -0.110. The van der Waals surface area contributed by atoms with E-state index < -0.39 is 0 Å². The second-order valence-corrected chi connectivity index (χ2v) is 5.45. The highest BCUT2D eigenvalue weighted by Gasteiger charge is 2.09. The topological polar surface area (TPSA) is 63.5 Å². The molecule has 0 spiro atoms. The van der Waals surface area contributed by atoms with Crippen LogP contribution in [0.1, 0.15) is 6.42 Å². The molecule has 1 aromatic carbocycles. The maximum absolute atomic E-state index is 12.1. The highest BCUT2D eigenvalue weighted by atomic mass is 32.1. The van der Waals surface area contributed by atoms with E-state index in [0.29, 0.717) is 21.6 Å². The standard InChI is InChI=1S/C14H13N3O2S/c18-12(16-10-5-2-1-3-6-10)9-11-13(19)17-8-4-7-15-14(17)20-11/h1-3,5-6,9H,4,7-8H2,(H,16,18)/b11-9-. The lowest BCUT2D eigenvalue weighted by atomic mass is 10.3. The smallest absolute Gasteiger partial charge is 0.270 e. The molecule has 1 aliphatic heterocycles. The van der Waals surface area contributed by atoms with Crippen molar-refractivity contribution >= 4 is 29.0 Å². The van der Waals surface area contributed by atoms with Crippen LogP contribution in [-0.2, 0) is 11.3 Å². The first-order valence-corrected chi connectivity index (χ1v) is 7.17. The van der Waals surface area contributed by atoms with Gasteiger partial charge in [0.15, 0.2) is 4.80 Å². The zero-order chi connectivity index (χ0) is 13.9. The number of nitrogens with one attached hydrogen (secondary N) is 1. The Balaban J connectivity index is 1.92. The molecule has 5 nitrogen and oxygen atoms in total. The van der Waals surface area contributed by atoms with Crippen molar-refractivity contribution < 1.29 is 4.79 Å².